The fraction of sp³-hybridized carbons (Fsp3) is 0.571. The first-order valence-electron chi connectivity index (χ1n) is 6.16. The summed E-state index contributed by atoms with van der Waals surface area (Å²) in [7, 11) is 0. The van der Waals surface area contributed by atoms with Gasteiger partial charge in [0.15, 0.2) is 0 Å². The highest BCUT2D eigenvalue weighted by molar-refractivity contribution is 5.14. The van der Waals surface area contributed by atoms with Gasteiger partial charge in [0.05, 0.1) is 24.9 Å². The van der Waals surface area contributed by atoms with Crippen LogP contribution < -0.4 is 5.32 Å². The van der Waals surface area contributed by atoms with Gasteiger partial charge < -0.3 is 15.2 Å². The Morgan fingerprint density at radius 1 is 1.18 bits per heavy atom. The molecule has 0 fully saturated rings. The lowest BCUT2D eigenvalue weighted by Gasteiger charge is -2.22. The average Bonchev–Trinajstić information content (AvgIpc) is 2.29. The summed E-state index contributed by atoms with van der Waals surface area (Å²) in [5.41, 5.74) is 1.21. The second-order valence-corrected chi connectivity index (χ2v) is 4.60. The summed E-state index contributed by atoms with van der Waals surface area (Å²) in [6, 6.07) is 10.1. The van der Waals surface area contributed by atoms with E-state index in [4.69, 9.17) is 4.74 Å². The number of ether oxygens (including phenoxy) is 1. The van der Waals surface area contributed by atoms with Crippen LogP contribution in [0.4, 0.5) is 0 Å². The summed E-state index contributed by atoms with van der Waals surface area (Å²) in [5, 5.41) is 13.0. The van der Waals surface area contributed by atoms with Crippen LogP contribution in [0.25, 0.3) is 0 Å². The van der Waals surface area contributed by atoms with Gasteiger partial charge in [-0.25, -0.2) is 0 Å². The second kappa shape index (κ2) is 7.43. The van der Waals surface area contributed by atoms with Crippen LogP contribution in [-0.4, -0.2) is 30.0 Å². The van der Waals surface area contributed by atoms with Gasteiger partial charge in [-0.15, -0.1) is 0 Å². The molecular weight excluding hydrogens is 214 g/mol. The number of hydrogen-bond acceptors (Lipinski definition) is 3. The molecule has 0 spiro atoms. The predicted molar refractivity (Wildman–Crippen MR) is 69.8 cm³/mol. The van der Waals surface area contributed by atoms with E-state index < -0.39 is 6.10 Å². The van der Waals surface area contributed by atoms with Crippen LogP contribution >= 0.6 is 0 Å². The molecule has 2 atom stereocenters. The summed E-state index contributed by atoms with van der Waals surface area (Å²) < 4.78 is 5.53. The molecule has 0 bridgehead atoms. The van der Waals surface area contributed by atoms with Gasteiger partial charge in [0, 0.05) is 6.54 Å². The van der Waals surface area contributed by atoms with E-state index in [0.29, 0.717) is 6.61 Å². The first kappa shape index (κ1) is 14.2. The Bertz CT molecular complexity index is 298. The van der Waals surface area contributed by atoms with Crippen LogP contribution in [0.1, 0.15) is 26.3 Å². The van der Waals surface area contributed by atoms with Crippen molar-refractivity contribution in [2.24, 2.45) is 0 Å². The Balaban J connectivity index is 2.39. The van der Waals surface area contributed by atoms with Crippen molar-refractivity contribution in [1.29, 1.82) is 0 Å². The Morgan fingerprint density at radius 3 is 2.35 bits per heavy atom. The molecule has 1 aromatic rings. The highest BCUT2D eigenvalue weighted by atomic mass is 16.5. The average molecular weight is 237 g/mol. The first-order valence-corrected chi connectivity index (χ1v) is 6.16. The monoisotopic (exact) mass is 237 g/mol. The zero-order valence-electron chi connectivity index (χ0n) is 10.9. The third kappa shape index (κ3) is 5.82. The highest BCUT2D eigenvalue weighted by Gasteiger charge is 2.15. The minimum Gasteiger partial charge on any atom is -0.392 e. The van der Waals surface area contributed by atoms with Crippen LogP contribution in [0, 0.1) is 0 Å². The van der Waals surface area contributed by atoms with E-state index >= 15 is 0 Å². The molecule has 0 saturated carbocycles. The van der Waals surface area contributed by atoms with Crippen LogP contribution in [-0.2, 0) is 11.3 Å². The largest absolute Gasteiger partial charge is 0.392 e. The molecule has 1 rings (SSSR count). The molecule has 1 aromatic carbocycles. The van der Waals surface area contributed by atoms with Crippen molar-refractivity contribution < 1.29 is 9.84 Å². The molecule has 3 heteroatoms. The maximum Gasteiger partial charge on any atom is 0.0687 e. The highest BCUT2D eigenvalue weighted by Crippen LogP contribution is 2.02. The molecule has 17 heavy (non-hydrogen) atoms. The molecule has 96 valence electrons. The molecule has 0 amide bonds. The number of aliphatic hydroxyl groups excluding tert-OH is 1. The quantitative estimate of drug-likeness (QED) is 0.761. The number of rotatable bonds is 7. The van der Waals surface area contributed by atoms with Gasteiger partial charge in [-0.3, -0.25) is 0 Å². The van der Waals surface area contributed by atoms with Gasteiger partial charge in [0.1, 0.15) is 0 Å². The molecule has 0 aromatic heterocycles. The minimum absolute atomic E-state index is 0.0300. The van der Waals surface area contributed by atoms with Gasteiger partial charge >= 0.3 is 0 Å². The number of hydrogen-bond donors (Lipinski definition) is 2. The Kier molecular flexibility index (Phi) is 6.19. The number of benzene rings is 1. The van der Waals surface area contributed by atoms with Crippen molar-refractivity contribution in [3.8, 4) is 0 Å². The molecule has 0 aliphatic carbocycles. The zero-order chi connectivity index (χ0) is 12.7. The molecule has 0 radical (unpaired) electrons. The number of nitrogens with one attached hydrogen (secondary N) is 1. The van der Waals surface area contributed by atoms with Crippen molar-refractivity contribution in [1.82, 2.24) is 5.32 Å². The van der Waals surface area contributed by atoms with E-state index in [1.807, 2.05) is 32.0 Å². The standard InChI is InChI=1S/C14H23NO2/c1-11(2)17-10-14(12(3)16)15-9-13-7-5-4-6-8-13/h4-8,11-12,14-16H,9-10H2,1-3H3. The van der Waals surface area contributed by atoms with Crippen LogP contribution in [0.2, 0.25) is 0 Å². The van der Waals surface area contributed by atoms with E-state index in [9.17, 15) is 5.11 Å². The molecule has 0 saturated heterocycles. The first-order chi connectivity index (χ1) is 8.09. The smallest absolute Gasteiger partial charge is 0.0687 e. The van der Waals surface area contributed by atoms with Gasteiger partial charge in [0.25, 0.3) is 0 Å². The zero-order valence-corrected chi connectivity index (χ0v) is 10.9. The fourth-order valence-electron chi connectivity index (χ4n) is 1.51. The SMILES string of the molecule is CC(C)OCC(NCc1ccccc1)C(C)O. The molecule has 0 aliphatic rings. The minimum atomic E-state index is -0.419. The van der Waals surface area contributed by atoms with Gasteiger partial charge in [-0.2, -0.15) is 0 Å². The van der Waals surface area contributed by atoms with Gasteiger partial charge in [-0.05, 0) is 26.3 Å². The Hall–Kier alpha value is -0.900. The molecule has 2 N–H and O–H groups in total. The van der Waals surface area contributed by atoms with E-state index in [0.717, 1.165) is 6.54 Å². The Labute approximate surface area is 104 Å². The third-order valence-corrected chi connectivity index (χ3v) is 2.60. The molecule has 0 heterocycles. The van der Waals surface area contributed by atoms with Crippen molar-refractivity contribution in [3.63, 3.8) is 0 Å². The van der Waals surface area contributed by atoms with E-state index in [-0.39, 0.29) is 12.1 Å². The van der Waals surface area contributed by atoms with E-state index in [1.54, 1.807) is 6.92 Å². The van der Waals surface area contributed by atoms with E-state index in [1.165, 1.54) is 5.56 Å². The molecule has 2 unspecified atom stereocenters. The molecular formula is C14H23NO2. The third-order valence-electron chi connectivity index (χ3n) is 2.60. The van der Waals surface area contributed by atoms with Crippen molar-refractivity contribution in [2.45, 2.75) is 45.6 Å². The summed E-state index contributed by atoms with van der Waals surface area (Å²) in [4.78, 5) is 0. The van der Waals surface area contributed by atoms with Crippen molar-refractivity contribution in [2.75, 3.05) is 6.61 Å². The predicted octanol–water partition coefficient (Wildman–Crippen LogP) is 1.95. The topological polar surface area (TPSA) is 41.5 Å². The maximum absolute atomic E-state index is 9.66. The fourth-order valence-corrected chi connectivity index (χ4v) is 1.51. The normalized spacial score (nSPS) is 14.9. The van der Waals surface area contributed by atoms with Crippen molar-refractivity contribution in [3.05, 3.63) is 35.9 Å². The van der Waals surface area contributed by atoms with Crippen molar-refractivity contribution >= 4 is 0 Å². The van der Waals surface area contributed by atoms with Crippen LogP contribution in [0.5, 0.6) is 0 Å². The number of aliphatic hydroxyl groups is 1. The second-order valence-electron chi connectivity index (χ2n) is 4.60. The van der Waals surface area contributed by atoms with Gasteiger partial charge in [-0.1, -0.05) is 30.3 Å². The lowest BCUT2D eigenvalue weighted by atomic mass is 10.1. The van der Waals surface area contributed by atoms with Crippen LogP contribution in [0.3, 0.4) is 0 Å². The summed E-state index contributed by atoms with van der Waals surface area (Å²) >= 11 is 0. The molecule has 0 aliphatic heterocycles. The lowest BCUT2D eigenvalue weighted by Crippen LogP contribution is -2.42. The van der Waals surface area contributed by atoms with E-state index in [2.05, 4.69) is 17.4 Å². The Morgan fingerprint density at radius 2 is 1.82 bits per heavy atom. The summed E-state index contributed by atoms with van der Waals surface area (Å²) in [6.45, 7) is 7.05. The van der Waals surface area contributed by atoms with Gasteiger partial charge in [0.2, 0.25) is 0 Å². The summed E-state index contributed by atoms with van der Waals surface area (Å²) in [6.07, 6.45) is -0.229. The maximum atomic E-state index is 9.66. The summed E-state index contributed by atoms with van der Waals surface area (Å²) in [5.74, 6) is 0. The van der Waals surface area contributed by atoms with Crippen LogP contribution in [0.15, 0.2) is 30.3 Å². The lowest BCUT2D eigenvalue weighted by molar-refractivity contribution is 0.0250. The molecule has 3 nitrogen and oxygen atoms in total.